The Morgan fingerprint density at radius 3 is 2.55 bits per heavy atom. The number of aromatic nitrogens is 1. The van der Waals surface area contributed by atoms with Gasteiger partial charge in [0.1, 0.15) is 5.82 Å². The first-order valence-electron chi connectivity index (χ1n) is 8.57. The number of hydrogen-bond donors (Lipinski definition) is 1. The van der Waals surface area contributed by atoms with Crippen molar-refractivity contribution in [3.8, 4) is 0 Å². The Hall–Kier alpha value is -1.58. The minimum Gasteiger partial charge on any atom is -0.365 e. The van der Waals surface area contributed by atoms with Crippen LogP contribution in [0.1, 0.15) is 72.6 Å². The number of rotatable bonds is 2. The quantitative estimate of drug-likeness (QED) is 0.912. The predicted molar refractivity (Wildman–Crippen MR) is 89.5 cm³/mol. The first-order chi connectivity index (χ1) is 10.5. The maximum atomic E-state index is 12.1. The highest BCUT2D eigenvalue weighted by atomic mass is 16.1. The fourth-order valence-corrected chi connectivity index (χ4v) is 3.94. The van der Waals surface area contributed by atoms with Crippen LogP contribution in [0.3, 0.4) is 0 Å². The van der Waals surface area contributed by atoms with Crippen LogP contribution >= 0.6 is 0 Å². The van der Waals surface area contributed by atoms with E-state index < -0.39 is 0 Å². The molecule has 1 amide bonds. The van der Waals surface area contributed by atoms with Crippen molar-refractivity contribution in [3.63, 3.8) is 0 Å². The largest absolute Gasteiger partial charge is 0.365 e. The van der Waals surface area contributed by atoms with Gasteiger partial charge in [0.05, 0.1) is 5.56 Å². The lowest BCUT2D eigenvalue weighted by Gasteiger charge is -2.34. The molecular formula is C18H27N3O. The Morgan fingerprint density at radius 2 is 1.91 bits per heavy atom. The zero-order valence-corrected chi connectivity index (χ0v) is 14.0. The molecule has 0 spiro atoms. The number of carbonyl (C=O) groups is 1. The zero-order valence-electron chi connectivity index (χ0n) is 14.0. The molecule has 1 aliphatic heterocycles. The van der Waals surface area contributed by atoms with E-state index in [1.807, 2.05) is 0 Å². The van der Waals surface area contributed by atoms with Crippen LogP contribution in [-0.2, 0) is 6.42 Å². The first kappa shape index (κ1) is 15.3. The molecule has 1 fully saturated rings. The second-order valence-corrected chi connectivity index (χ2v) is 7.13. The molecule has 4 nitrogen and oxygen atoms in total. The van der Waals surface area contributed by atoms with Crippen LogP contribution in [0.15, 0.2) is 0 Å². The Labute approximate surface area is 133 Å². The number of carbonyl (C=O) groups excluding carboxylic acids is 1. The molecule has 0 aromatic carbocycles. The van der Waals surface area contributed by atoms with Gasteiger partial charge >= 0.3 is 0 Å². The lowest BCUT2D eigenvalue weighted by atomic mass is 9.84. The summed E-state index contributed by atoms with van der Waals surface area (Å²) in [6, 6.07) is 0. The summed E-state index contributed by atoms with van der Waals surface area (Å²) in [5.41, 5.74) is 9.90. The van der Waals surface area contributed by atoms with Crippen LogP contribution in [0, 0.1) is 12.8 Å². The second-order valence-electron chi connectivity index (χ2n) is 7.13. The monoisotopic (exact) mass is 301 g/mol. The van der Waals surface area contributed by atoms with Crippen molar-refractivity contribution in [2.24, 2.45) is 11.7 Å². The van der Waals surface area contributed by atoms with Crippen molar-refractivity contribution < 1.29 is 4.79 Å². The molecule has 1 aliphatic carbocycles. The van der Waals surface area contributed by atoms with Gasteiger partial charge in [0.2, 0.25) is 0 Å². The second kappa shape index (κ2) is 5.90. The molecule has 120 valence electrons. The van der Waals surface area contributed by atoms with E-state index in [0.29, 0.717) is 11.5 Å². The standard InChI is InChI=1S/C18H27N3O/c1-11-7-9-21(10-8-11)18-15(17(19)22)13(3)14-6-4-5-12(2)16(14)20-18/h11-12H,4-10H2,1-3H3,(H2,19,22). The summed E-state index contributed by atoms with van der Waals surface area (Å²) in [4.78, 5) is 19.3. The van der Waals surface area contributed by atoms with Gasteiger partial charge in [0.25, 0.3) is 5.91 Å². The van der Waals surface area contributed by atoms with Gasteiger partial charge in [-0.25, -0.2) is 4.98 Å². The van der Waals surface area contributed by atoms with E-state index in [-0.39, 0.29) is 5.91 Å². The van der Waals surface area contributed by atoms with Gasteiger partial charge < -0.3 is 10.6 Å². The molecule has 1 aromatic heterocycles. The molecule has 1 saturated heterocycles. The van der Waals surface area contributed by atoms with E-state index in [9.17, 15) is 4.79 Å². The smallest absolute Gasteiger partial charge is 0.252 e. The normalized spacial score (nSPS) is 22.5. The van der Waals surface area contributed by atoms with E-state index in [4.69, 9.17) is 10.7 Å². The van der Waals surface area contributed by atoms with Crippen molar-refractivity contribution in [1.82, 2.24) is 4.98 Å². The van der Waals surface area contributed by atoms with E-state index in [1.165, 1.54) is 24.1 Å². The molecule has 0 radical (unpaired) electrons. The molecule has 2 N–H and O–H groups in total. The van der Waals surface area contributed by atoms with Crippen molar-refractivity contribution >= 4 is 11.7 Å². The molecule has 3 rings (SSSR count). The minimum atomic E-state index is -0.334. The summed E-state index contributed by atoms with van der Waals surface area (Å²) in [7, 11) is 0. The number of nitrogens with two attached hydrogens (primary N) is 1. The lowest BCUT2D eigenvalue weighted by molar-refractivity contribution is 0.0999. The van der Waals surface area contributed by atoms with Crippen LogP contribution in [0.5, 0.6) is 0 Å². The van der Waals surface area contributed by atoms with Gasteiger partial charge in [-0.1, -0.05) is 13.8 Å². The SMILES string of the molecule is Cc1c2c(nc(N3CCC(C)CC3)c1C(N)=O)C(C)CCC2. The predicted octanol–water partition coefficient (Wildman–Crippen LogP) is 3.17. The van der Waals surface area contributed by atoms with Gasteiger partial charge in [-0.15, -0.1) is 0 Å². The maximum Gasteiger partial charge on any atom is 0.252 e. The Morgan fingerprint density at radius 1 is 1.23 bits per heavy atom. The number of fused-ring (bicyclic) bond motifs is 1. The lowest BCUT2D eigenvalue weighted by Crippen LogP contribution is -2.36. The average Bonchev–Trinajstić information content (AvgIpc) is 2.48. The minimum absolute atomic E-state index is 0.334. The molecule has 0 bridgehead atoms. The first-order valence-corrected chi connectivity index (χ1v) is 8.57. The Kier molecular flexibility index (Phi) is 4.11. The van der Waals surface area contributed by atoms with Gasteiger partial charge in [0.15, 0.2) is 0 Å². The number of hydrogen-bond acceptors (Lipinski definition) is 3. The highest BCUT2D eigenvalue weighted by Gasteiger charge is 2.29. The number of piperidine rings is 1. The average molecular weight is 301 g/mol. The van der Waals surface area contributed by atoms with Crippen molar-refractivity contribution in [2.75, 3.05) is 18.0 Å². The molecule has 22 heavy (non-hydrogen) atoms. The van der Waals surface area contributed by atoms with Crippen molar-refractivity contribution in [2.45, 2.75) is 58.8 Å². The number of pyridine rings is 1. The summed E-state index contributed by atoms with van der Waals surface area (Å²) >= 11 is 0. The number of anilines is 1. The van der Waals surface area contributed by atoms with Crippen LogP contribution in [0.4, 0.5) is 5.82 Å². The summed E-state index contributed by atoms with van der Waals surface area (Å²) in [6.45, 7) is 8.53. The topological polar surface area (TPSA) is 59.2 Å². The summed E-state index contributed by atoms with van der Waals surface area (Å²) < 4.78 is 0. The van der Waals surface area contributed by atoms with E-state index >= 15 is 0 Å². The molecular weight excluding hydrogens is 274 g/mol. The van der Waals surface area contributed by atoms with Gasteiger partial charge in [-0.2, -0.15) is 0 Å². The molecule has 2 aliphatic rings. The van der Waals surface area contributed by atoms with Crippen LogP contribution in [0.25, 0.3) is 0 Å². The third-order valence-electron chi connectivity index (χ3n) is 5.45. The van der Waals surface area contributed by atoms with Gasteiger partial charge in [0, 0.05) is 18.8 Å². The molecule has 1 aromatic rings. The Balaban J connectivity index is 2.09. The van der Waals surface area contributed by atoms with E-state index in [1.54, 1.807) is 0 Å². The van der Waals surface area contributed by atoms with Crippen LogP contribution < -0.4 is 10.6 Å². The highest BCUT2D eigenvalue weighted by molar-refractivity contribution is 5.99. The number of nitrogens with zero attached hydrogens (tertiary/aromatic N) is 2. The number of amides is 1. The number of primary amides is 1. The van der Waals surface area contributed by atoms with Crippen molar-refractivity contribution in [3.05, 3.63) is 22.4 Å². The highest BCUT2D eigenvalue weighted by Crippen LogP contribution is 2.37. The molecule has 4 heteroatoms. The summed E-state index contributed by atoms with van der Waals surface area (Å²) in [5, 5.41) is 0. The third kappa shape index (κ3) is 2.59. The molecule has 1 unspecified atom stereocenters. The zero-order chi connectivity index (χ0) is 15.9. The van der Waals surface area contributed by atoms with Crippen LogP contribution in [0.2, 0.25) is 0 Å². The van der Waals surface area contributed by atoms with E-state index in [0.717, 1.165) is 49.7 Å². The fraction of sp³-hybridized carbons (Fsp3) is 0.667. The van der Waals surface area contributed by atoms with Gasteiger partial charge in [-0.3, -0.25) is 4.79 Å². The van der Waals surface area contributed by atoms with E-state index in [2.05, 4.69) is 25.7 Å². The molecule has 0 saturated carbocycles. The summed E-state index contributed by atoms with van der Waals surface area (Å²) in [6.07, 6.45) is 5.70. The summed E-state index contributed by atoms with van der Waals surface area (Å²) in [5.74, 6) is 1.74. The van der Waals surface area contributed by atoms with Crippen molar-refractivity contribution in [1.29, 1.82) is 0 Å². The third-order valence-corrected chi connectivity index (χ3v) is 5.45. The molecule has 2 heterocycles. The fourth-order valence-electron chi connectivity index (χ4n) is 3.94. The van der Waals surface area contributed by atoms with Gasteiger partial charge in [-0.05, 0) is 62.0 Å². The molecule has 1 atom stereocenters. The maximum absolute atomic E-state index is 12.1. The Bertz CT molecular complexity index is 588. The van der Waals surface area contributed by atoms with Crippen LogP contribution in [-0.4, -0.2) is 24.0 Å².